The lowest BCUT2D eigenvalue weighted by molar-refractivity contribution is -0.121. The Morgan fingerprint density at radius 1 is 1.44 bits per heavy atom. The Kier molecular flexibility index (Phi) is 6.22. The number of amides is 1. The highest BCUT2D eigenvalue weighted by Crippen LogP contribution is 2.19. The van der Waals surface area contributed by atoms with E-state index in [0.717, 1.165) is 17.7 Å². The van der Waals surface area contributed by atoms with E-state index in [0.29, 0.717) is 19.6 Å². The molecule has 0 aliphatic carbocycles. The third kappa shape index (κ3) is 5.19. The molecule has 0 aliphatic rings. The summed E-state index contributed by atoms with van der Waals surface area (Å²) in [5.74, 6) is 0.835. The van der Waals surface area contributed by atoms with E-state index in [1.165, 1.54) is 0 Å². The van der Waals surface area contributed by atoms with Crippen LogP contribution in [0.3, 0.4) is 0 Å². The Balaban J connectivity index is 2.48. The maximum Gasteiger partial charge on any atom is 0.223 e. The van der Waals surface area contributed by atoms with Gasteiger partial charge in [-0.3, -0.25) is 4.79 Å². The second-order valence-electron chi connectivity index (χ2n) is 4.34. The molecule has 1 unspecified atom stereocenters. The molecule has 0 radical (unpaired) electrons. The number of para-hydroxylation sites is 1. The first-order valence-electron chi connectivity index (χ1n) is 6.36. The first-order chi connectivity index (χ1) is 8.63. The fourth-order valence-electron chi connectivity index (χ4n) is 1.70. The Bertz CT molecular complexity index is 378. The van der Waals surface area contributed by atoms with Crippen molar-refractivity contribution in [3.8, 4) is 5.75 Å². The molecule has 0 fully saturated rings. The highest BCUT2D eigenvalue weighted by molar-refractivity contribution is 5.75. The van der Waals surface area contributed by atoms with E-state index < -0.39 is 0 Å². The molecule has 1 atom stereocenters. The van der Waals surface area contributed by atoms with Crippen molar-refractivity contribution < 1.29 is 9.53 Å². The van der Waals surface area contributed by atoms with E-state index >= 15 is 0 Å². The van der Waals surface area contributed by atoms with Gasteiger partial charge in [0.2, 0.25) is 5.91 Å². The molecule has 0 aliphatic heterocycles. The Labute approximate surface area is 109 Å². The van der Waals surface area contributed by atoms with Crippen molar-refractivity contribution >= 4 is 5.91 Å². The molecule has 1 amide bonds. The molecule has 100 valence electrons. The number of rotatable bonds is 7. The topological polar surface area (TPSA) is 64.3 Å². The lowest BCUT2D eigenvalue weighted by Crippen LogP contribution is -2.24. The van der Waals surface area contributed by atoms with Crippen LogP contribution >= 0.6 is 0 Å². The van der Waals surface area contributed by atoms with Crippen molar-refractivity contribution in [2.45, 2.75) is 32.7 Å². The lowest BCUT2D eigenvalue weighted by atomic mass is 10.1. The largest absolute Gasteiger partial charge is 0.493 e. The summed E-state index contributed by atoms with van der Waals surface area (Å²) in [4.78, 5) is 11.3. The molecule has 0 saturated heterocycles. The second-order valence-corrected chi connectivity index (χ2v) is 4.34. The van der Waals surface area contributed by atoms with Gasteiger partial charge in [0, 0.05) is 12.6 Å². The van der Waals surface area contributed by atoms with Gasteiger partial charge in [0.05, 0.1) is 13.0 Å². The van der Waals surface area contributed by atoms with Gasteiger partial charge >= 0.3 is 0 Å². The third-order valence-corrected chi connectivity index (χ3v) is 2.48. The molecule has 18 heavy (non-hydrogen) atoms. The number of hydrogen-bond donors (Lipinski definition) is 2. The SMILES string of the molecule is CCNC(=O)CCOc1ccccc1CC(C)N. The van der Waals surface area contributed by atoms with Crippen molar-refractivity contribution in [2.75, 3.05) is 13.2 Å². The standard InChI is InChI=1S/C14H22N2O2/c1-3-16-14(17)8-9-18-13-7-5-4-6-12(13)10-11(2)15/h4-7,11H,3,8-10,15H2,1-2H3,(H,16,17). The summed E-state index contributed by atoms with van der Waals surface area (Å²) < 4.78 is 5.64. The molecule has 3 N–H and O–H groups in total. The van der Waals surface area contributed by atoms with Crippen molar-refractivity contribution in [1.82, 2.24) is 5.32 Å². The van der Waals surface area contributed by atoms with Gasteiger partial charge in [0.1, 0.15) is 5.75 Å². The van der Waals surface area contributed by atoms with E-state index in [4.69, 9.17) is 10.5 Å². The van der Waals surface area contributed by atoms with Crippen LogP contribution in [0.15, 0.2) is 24.3 Å². The second kappa shape index (κ2) is 7.71. The predicted octanol–water partition coefficient (Wildman–Crippen LogP) is 1.48. The summed E-state index contributed by atoms with van der Waals surface area (Å²) in [5, 5.41) is 2.74. The maximum atomic E-state index is 11.3. The average molecular weight is 250 g/mol. The molecule has 0 spiro atoms. The van der Waals surface area contributed by atoms with Gasteiger partial charge in [-0.15, -0.1) is 0 Å². The van der Waals surface area contributed by atoms with Gasteiger partial charge in [-0.25, -0.2) is 0 Å². The number of carbonyl (C=O) groups is 1. The van der Waals surface area contributed by atoms with E-state index in [9.17, 15) is 4.79 Å². The van der Waals surface area contributed by atoms with Crippen LogP contribution in [0.2, 0.25) is 0 Å². The summed E-state index contributed by atoms with van der Waals surface area (Å²) in [5.41, 5.74) is 6.88. The third-order valence-electron chi connectivity index (χ3n) is 2.48. The molecular weight excluding hydrogens is 228 g/mol. The van der Waals surface area contributed by atoms with Crippen LogP contribution in [0, 0.1) is 0 Å². The zero-order valence-electron chi connectivity index (χ0n) is 11.1. The van der Waals surface area contributed by atoms with E-state index in [1.54, 1.807) is 0 Å². The van der Waals surface area contributed by atoms with Crippen LogP contribution in [0.4, 0.5) is 0 Å². The van der Waals surface area contributed by atoms with Crippen LogP contribution in [0.5, 0.6) is 5.75 Å². The first kappa shape index (κ1) is 14.5. The zero-order chi connectivity index (χ0) is 13.4. The summed E-state index contributed by atoms with van der Waals surface area (Å²) in [6.45, 7) is 4.91. The van der Waals surface area contributed by atoms with Crippen LogP contribution in [-0.2, 0) is 11.2 Å². The maximum absolute atomic E-state index is 11.3. The van der Waals surface area contributed by atoms with Crippen LogP contribution in [0.25, 0.3) is 0 Å². The fourth-order valence-corrected chi connectivity index (χ4v) is 1.70. The van der Waals surface area contributed by atoms with Crippen molar-refractivity contribution in [2.24, 2.45) is 5.73 Å². The molecule has 1 rings (SSSR count). The fraction of sp³-hybridized carbons (Fsp3) is 0.500. The molecule has 1 aromatic carbocycles. The average Bonchev–Trinajstić information content (AvgIpc) is 2.31. The number of nitrogens with one attached hydrogen (secondary N) is 1. The van der Waals surface area contributed by atoms with Crippen molar-refractivity contribution in [3.05, 3.63) is 29.8 Å². The summed E-state index contributed by atoms with van der Waals surface area (Å²) in [7, 11) is 0. The molecule has 0 bridgehead atoms. The summed E-state index contributed by atoms with van der Waals surface area (Å²) in [6.07, 6.45) is 1.15. The number of nitrogens with two attached hydrogens (primary N) is 1. The monoisotopic (exact) mass is 250 g/mol. The Morgan fingerprint density at radius 2 is 2.17 bits per heavy atom. The predicted molar refractivity (Wildman–Crippen MR) is 72.6 cm³/mol. The molecule has 4 heteroatoms. The van der Waals surface area contributed by atoms with Crippen molar-refractivity contribution in [1.29, 1.82) is 0 Å². The number of ether oxygens (including phenoxy) is 1. The van der Waals surface area contributed by atoms with E-state index in [-0.39, 0.29) is 11.9 Å². The molecule has 0 heterocycles. The van der Waals surface area contributed by atoms with Crippen LogP contribution in [-0.4, -0.2) is 25.1 Å². The van der Waals surface area contributed by atoms with E-state index in [1.807, 2.05) is 38.1 Å². The zero-order valence-corrected chi connectivity index (χ0v) is 11.1. The van der Waals surface area contributed by atoms with Gasteiger partial charge in [0.25, 0.3) is 0 Å². The van der Waals surface area contributed by atoms with Gasteiger partial charge in [-0.1, -0.05) is 18.2 Å². The highest BCUT2D eigenvalue weighted by atomic mass is 16.5. The minimum absolute atomic E-state index is 0.0159. The smallest absolute Gasteiger partial charge is 0.223 e. The Hall–Kier alpha value is -1.55. The number of benzene rings is 1. The van der Waals surface area contributed by atoms with Crippen molar-refractivity contribution in [3.63, 3.8) is 0 Å². The molecule has 0 saturated carbocycles. The van der Waals surface area contributed by atoms with E-state index in [2.05, 4.69) is 5.32 Å². The molecule has 1 aromatic rings. The normalized spacial score (nSPS) is 11.9. The van der Waals surface area contributed by atoms with Gasteiger partial charge < -0.3 is 15.8 Å². The first-order valence-corrected chi connectivity index (χ1v) is 6.36. The minimum atomic E-state index is 0.0159. The van der Waals surface area contributed by atoms with Crippen LogP contribution in [0.1, 0.15) is 25.8 Å². The molecule has 4 nitrogen and oxygen atoms in total. The minimum Gasteiger partial charge on any atom is -0.493 e. The van der Waals surface area contributed by atoms with Gasteiger partial charge in [-0.2, -0.15) is 0 Å². The van der Waals surface area contributed by atoms with Crippen LogP contribution < -0.4 is 15.8 Å². The Morgan fingerprint density at radius 3 is 2.83 bits per heavy atom. The number of carbonyl (C=O) groups excluding carboxylic acids is 1. The summed E-state index contributed by atoms with van der Waals surface area (Å²) >= 11 is 0. The highest BCUT2D eigenvalue weighted by Gasteiger charge is 2.06. The number of hydrogen-bond acceptors (Lipinski definition) is 3. The van der Waals surface area contributed by atoms with Gasteiger partial charge in [0.15, 0.2) is 0 Å². The quantitative estimate of drug-likeness (QED) is 0.770. The lowest BCUT2D eigenvalue weighted by Gasteiger charge is -2.12. The summed E-state index contributed by atoms with van der Waals surface area (Å²) in [6, 6.07) is 7.90. The molecule has 0 aromatic heterocycles. The molecular formula is C14H22N2O2. The van der Waals surface area contributed by atoms with Gasteiger partial charge in [-0.05, 0) is 31.9 Å².